The molecule has 0 saturated heterocycles. The first-order valence-electron chi connectivity index (χ1n) is 6.78. The van der Waals surface area contributed by atoms with E-state index in [1.54, 1.807) is 18.4 Å². The number of aliphatic imine (C=N–C) groups is 1. The highest BCUT2D eigenvalue weighted by Gasteiger charge is 2.02. The van der Waals surface area contributed by atoms with Crippen LogP contribution in [0, 0.1) is 6.92 Å². The van der Waals surface area contributed by atoms with Gasteiger partial charge in [-0.1, -0.05) is 29.8 Å². The number of halogens is 1. The smallest absolute Gasteiger partial charge is 0.191 e. The van der Waals surface area contributed by atoms with Crippen molar-refractivity contribution in [2.45, 2.75) is 19.9 Å². The standard InChI is InChI=1S/C15H19ClN4S/c1-11-19-9-13(21-11)10-20-15(17-2)18-8-7-12-5-3-4-6-14(12)16/h3-6,9H,7-8,10H2,1-2H3,(H2,17,18,20). The molecule has 112 valence electrons. The van der Waals surface area contributed by atoms with E-state index in [2.05, 4.69) is 20.6 Å². The highest BCUT2D eigenvalue weighted by Crippen LogP contribution is 2.14. The molecule has 2 rings (SSSR count). The van der Waals surface area contributed by atoms with Crippen LogP contribution in [-0.4, -0.2) is 24.5 Å². The molecule has 1 heterocycles. The summed E-state index contributed by atoms with van der Waals surface area (Å²) in [5.41, 5.74) is 1.14. The lowest BCUT2D eigenvalue weighted by Crippen LogP contribution is -2.37. The Hall–Kier alpha value is -1.59. The average Bonchev–Trinajstić information content (AvgIpc) is 2.90. The maximum absolute atomic E-state index is 6.14. The van der Waals surface area contributed by atoms with E-state index in [0.29, 0.717) is 0 Å². The second kappa shape index (κ2) is 8.00. The van der Waals surface area contributed by atoms with Crippen molar-refractivity contribution in [2.24, 2.45) is 4.99 Å². The Bertz CT molecular complexity index is 609. The summed E-state index contributed by atoms with van der Waals surface area (Å²) in [5.74, 6) is 0.785. The highest BCUT2D eigenvalue weighted by molar-refractivity contribution is 7.11. The first-order chi connectivity index (χ1) is 10.2. The molecule has 0 fully saturated rings. The lowest BCUT2D eigenvalue weighted by molar-refractivity contribution is 0.799. The van der Waals surface area contributed by atoms with Gasteiger partial charge >= 0.3 is 0 Å². The number of rotatable bonds is 5. The molecule has 0 aliphatic carbocycles. The van der Waals surface area contributed by atoms with E-state index in [9.17, 15) is 0 Å². The van der Waals surface area contributed by atoms with Crippen LogP contribution in [0.2, 0.25) is 5.02 Å². The summed E-state index contributed by atoms with van der Waals surface area (Å²) in [6, 6.07) is 7.90. The van der Waals surface area contributed by atoms with Gasteiger partial charge in [0.1, 0.15) is 0 Å². The molecule has 0 bridgehead atoms. The van der Waals surface area contributed by atoms with Gasteiger partial charge in [-0.15, -0.1) is 11.3 Å². The molecule has 2 aromatic rings. The topological polar surface area (TPSA) is 49.3 Å². The fourth-order valence-electron chi connectivity index (χ4n) is 1.90. The van der Waals surface area contributed by atoms with Crippen LogP contribution in [0.15, 0.2) is 35.5 Å². The van der Waals surface area contributed by atoms with Crippen molar-refractivity contribution in [1.82, 2.24) is 15.6 Å². The molecular weight excluding hydrogens is 304 g/mol. The maximum Gasteiger partial charge on any atom is 0.191 e. The molecule has 0 atom stereocenters. The van der Waals surface area contributed by atoms with Crippen LogP contribution in [0.3, 0.4) is 0 Å². The quantitative estimate of drug-likeness (QED) is 0.657. The van der Waals surface area contributed by atoms with Crippen LogP contribution in [0.5, 0.6) is 0 Å². The van der Waals surface area contributed by atoms with Crippen molar-refractivity contribution in [3.8, 4) is 0 Å². The lowest BCUT2D eigenvalue weighted by atomic mass is 10.1. The highest BCUT2D eigenvalue weighted by atomic mass is 35.5. The molecule has 0 amide bonds. The molecule has 2 N–H and O–H groups in total. The molecule has 0 saturated carbocycles. The third kappa shape index (κ3) is 5.02. The van der Waals surface area contributed by atoms with Gasteiger partial charge in [0.25, 0.3) is 0 Å². The number of aryl methyl sites for hydroxylation is 1. The van der Waals surface area contributed by atoms with Crippen molar-refractivity contribution in [3.05, 3.63) is 50.9 Å². The summed E-state index contributed by atoms with van der Waals surface area (Å²) < 4.78 is 0. The van der Waals surface area contributed by atoms with Crippen molar-refractivity contribution in [3.63, 3.8) is 0 Å². The van der Waals surface area contributed by atoms with Crippen molar-refractivity contribution < 1.29 is 0 Å². The van der Waals surface area contributed by atoms with E-state index >= 15 is 0 Å². The summed E-state index contributed by atoms with van der Waals surface area (Å²) in [4.78, 5) is 9.64. The zero-order chi connectivity index (χ0) is 15.1. The number of nitrogens with zero attached hydrogens (tertiary/aromatic N) is 2. The normalized spacial score (nSPS) is 11.5. The van der Waals surface area contributed by atoms with E-state index in [1.807, 2.05) is 37.4 Å². The molecule has 21 heavy (non-hydrogen) atoms. The fraction of sp³-hybridized carbons (Fsp3) is 0.333. The van der Waals surface area contributed by atoms with Crippen LogP contribution in [0.4, 0.5) is 0 Å². The Morgan fingerprint density at radius 3 is 2.81 bits per heavy atom. The molecular formula is C15H19ClN4S. The molecule has 0 radical (unpaired) electrons. The molecule has 0 unspecified atom stereocenters. The van der Waals surface area contributed by atoms with E-state index in [4.69, 9.17) is 11.6 Å². The van der Waals surface area contributed by atoms with Crippen LogP contribution >= 0.6 is 22.9 Å². The van der Waals surface area contributed by atoms with E-state index in [-0.39, 0.29) is 0 Å². The van der Waals surface area contributed by atoms with Gasteiger partial charge in [-0.3, -0.25) is 4.99 Å². The van der Waals surface area contributed by atoms with Gasteiger partial charge in [-0.05, 0) is 25.0 Å². The summed E-state index contributed by atoms with van der Waals surface area (Å²) >= 11 is 7.83. The van der Waals surface area contributed by atoms with Crippen LogP contribution < -0.4 is 10.6 Å². The molecule has 0 aliphatic rings. The van der Waals surface area contributed by atoms with E-state index in [1.165, 1.54) is 4.88 Å². The predicted molar refractivity (Wildman–Crippen MR) is 90.2 cm³/mol. The van der Waals surface area contributed by atoms with E-state index in [0.717, 1.165) is 41.1 Å². The van der Waals surface area contributed by atoms with Crippen LogP contribution in [-0.2, 0) is 13.0 Å². The Morgan fingerprint density at radius 2 is 2.14 bits per heavy atom. The zero-order valence-electron chi connectivity index (χ0n) is 12.2. The molecule has 0 spiro atoms. The third-order valence-electron chi connectivity index (χ3n) is 2.97. The minimum atomic E-state index is 0.733. The lowest BCUT2D eigenvalue weighted by Gasteiger charge is -2.11. The fourth-order valence-corrected chi connectivity index (χ4v) is 2.86. The second-order valence-corrected chi connectivity index (χ2v) is 6.27. The zero-order valence-corrected chi connectivity index (χ0v) is 13.8. The minimum absolute atomic E-state index is 0.733. The molecule has 1 aromatic heterocycles. The number of hydrogen-bond acceptors (Lipinski definition) is 3. The molecule has 0 aliphatic heterocycles. The van der Waals surface area contributed by atoms with Gasteiger partial charge in [0.2, 0.25) is 0 Å². The van der Waals surface area contributed by atoms with Gasteiger partial charge < -0.3 is 10.6 Å². The minimum Gasteiger partial charge on any atom is -0.356 e. The number of guanidine groups is 1. The Morgan fingerprint density at radius 1 is 1.33 bits per heavy atom. The molecule has 6 heteroatoms. The number of thiazole rings is 1. The average molecular weight is 323 g/mol. The number of aromatic nitrogens is 1. The van der Waals surface area contributed by atoms with Crippen molar-refractivity contribution in [2.75, 3.05) is 13.6 Å². The van der Waals surface area contributed by atoms with Gasteiger partial charge in [0.05, 0.1) is 11.6 Å². The predicted octanol–water partition coefficient (Wildman–Crippen LogP) is 3.01. The Labute approximate surface area is 134 Å². The van der Waals surface area contributed by atoms with E-state index < -0.39 is 0 Å². The largest absolute Gasteiger partial charge is 0.356 e. The number of benzene rings is 1. The monoisotopic (exact) mass is 322 g/mol. The maximum atomic E-state index is 6.14. The Balaban J connectivity index is 1.77. The Kier molecular flexibility index (Phi) is 6.02. The summed E-state index contributed by atoms with van der Waals surface area (Å²) in [5, 5.41) is 8.45. The molecule has 1 aromatic carbocycles. The first-order valence-corrected chi connectivity index (χ1v) is 7.97. The van der Waals surface area contributed by atoms with Crippen molar-refractivity contribution >= 4 is 28.9 Å². The summed E-state index contributed by atoms with van der Waals surface area (Å²) in [7, 11) is 1.77. The van der Waals surface area contributed by atoms with Gasteiger partial charge in [0.15, 0.2) is 5.96 Å². The van der Waals surface area contributed by atoms with Gasteiger partial charge in [-0.25, -0.2) is 4.98 Å². The third-order valence-corrected chi connectivity index (χ3v) is 4.25. The van der Waals surface area contributed by atoms with Gasteiger partial charge in [0, 0.05) is 29.7 Å². The second-order valence-electron chi connectivity index (χ2n) is 4.54. The summed E-state index contributed by atoms with van der Waals surface area (Å²) in [6.45, 7) is 3.52. The number of nitrogens with one attached hydrogen (secondary N) is 2. The first kappa shape index (κ1) is 15.8. The summed E-state index contributed by atoms with van der Waals surface area (Å²) in [6.07, 6.45) is 2.75. The van der Waals surface area contributed by atoms with Gasteiger partial charge in [-0.2, -0.15) is 0 Å². The number of hydrogen-bond donors (Lipinski definition) is 2. The molecule has 4 nitrogen and oxygen atoms in total. The van der Waals surface area contributed by atoms with Crippen LogP contribution in [0.25, 0.3) is 0 Å². The van der Waals surface area contributed by atoms with Crippen LogP contribution in [0.1, 0.15) is 15.4 Å². The SMILES string of the molecule is CN=C(NCCc1ccccc1Cl)NCc1cnc(C)s1. The van der Waals surface area contributed by atoms with Crippen molar-refractivity contribution in [1.29, 1.82) is 0 Å².